The molecular formula is C18H17O3P. The van der Waals surface area contributed by atoms with Crippen LogP contribution in [0, 0.1) is 0 Å². The SMILES string of the molecule is C1=CCC(OP(Oc2ccccc2)Oc2ccccc2)C=C1. The van der Waals surface area contributed by atoms with Crippen molar-refractivity contribution in [2.75, 3.05) is 0 Å². The second kappa shape index (κ2) is 7.79. The van der Waals surface area contributed by atoms with Gasteiger partial charge in [-0.25, -0.2) is 0 Å². The zero-order chi connectivity index (χ0) is 15.0. The van der Waals surface area contributed by atoms with E-state index in [-0.39, 0.29) is 6.10 Å². The van der Waals surface area contributed by atoms with Gasteiger partial charge in [0.05, 0.1) is 6.10 Å². The Bertz CT molecular complexity index is 584. The third-order valence-corrected chi connectivity index (χ3v) is 4.17. The minimum atomic E-state index is -1.52. The fraction of sp³-hybridized carbons (Fsp3) is 0.111. The maximum absolute atomic E-state index is 5.98. The van der Waals surface area contributed by atoms with Crippen LogP contribution >= 0.6 is 8.60 Å². The average molecular weight is 312 g/mol. The van der Waals surface area contributed by atoms with Gasteiger partial charge in [0.25, 0.3) is 0 Å². The molecule has 0 fully saturated rings. The smallest absolute Gasteiger partial charge is 0.418 e. The van der Waals surface area contributed by atoms with Crippen molar-refractivity contribution in [1.29, 1.82) is 0 Å². The Balaban J connectivity index is 1.69. The fourth-order valence-corrected chi connectivity index (χ4v) is 3.03. The summed E-state index contributed by atoms with van der Waals surface area (Å²) in [7, 11) is -1.52. The minimum Gasteiger partial charge on any atom is -0.418 e. The predicted octanol–water partition coefficient (Wildman–Crippen LogP) is 5.27. The number of hydrogen-bond acceptors (Lipinski definition) is 3. The van der Waals surface area contributed by atoms with Crippen LogP contribution in [0.25, 0.3) is 0 Å². The van der Waals surface area contributed by atoms with Crippen LogP contribution in [0.1, 0.15) is 6.42 Å². The zero-order valence-corrected chi connectivity index (χ0v) is 12.9. The summed E-state index contributed by atoms with van der Waals surface area (Å²) in [6.45, 7) is 0. The monoisotopic (exact) mass is 312 g/mol. The van der Waals surface area contributed by atoms with E-state index in [0.29, 0.717) is 0 Å². The average Bonchev–Trinajstić information content (AvgIpc) is 2.57. The Morgan fingerprint density at radius 2 is 1.36 bits per heavy atom. The summed E-state index contributed by atoms with van der Waals surface area (Å²) in [5, 5.41) is 0. The minimum absolute atomic E-state index is 0.0245. The zero-order valence-electron chi connectivity index (χ0n) is 12.0. The van der Waals surface area contributed by atoms with Crippen molar-refractivity contribution >= 4 is 8.60 Å². The number of hydrogen-bond donors (Lipinski definition) is 0. The Kier molecular flexibility index (Phi) is 5.25. The quantitative estimate of drug-likeness (QED) is 0.680. The molecule has 0 saturated carbocycles. The van der Waals surface area contributed by atoms with Crippen LogP contribution in [-0.4, -0.2) is 6.10 Å². The number of benzene rings is 2. The molecule has 0 bridgehead atoms. The van der Waals surface area contributed by atoms with Gasteiger partial charge in [-0.1, -0.05) is 60.7 Å². The maximum atomic E-state index is 5.98. The van der Waals surface area contributed by atoms with E-state index in [1.807, 2.05) is 78.9 Å². The van der Waals surface area contributed by atoms with Crippen LogP contribution in [0.3, 0.4) is 0 Å². The van der Waals surface area contributed by atoms with Crippen molar-refractivity contribution in [3.8, 4) is 11.5 Å². The molecule has 1 unspecified atom stereocenters. The second-order valence-electron chi connectivity index (χ2n) is 4.72. The molecule has 0 amide bonds. The molecule has 1 aliphatic carbocycles. The van der Waals surface area contributed by atoms with Crippen LogP contribution in [0.15, 0.2) is 85.0 Å². The molecule has 0 radical (unpaired) electrons. The van der Waals surface area contributed by atoms with Gasteiger partial charge < -0.3 is 9.05 Å². The summed E-state index contributed by atoms with van der Waals surface area (Å²) in [4.78, 5) is 0. The molecule has 1 aliphatic rings. The third-order valence-electron chi connectivity index (χ3n) is 3.01. The van der Waals surface area contributed by atoms with Gasteiger partial charge in [-0.2, -0.15) is 0 Å². The molecule has 0 heterocycles. The molecule has 0 N–H and O–H groups in total. The van der Waals surface area contributed by atoms with Crippen molar-refractivity contribution in [2.24, 2.45) is 0 Å². The van der Waals surface area contributed by atoms with Crippen LogP contribution in [0.2, 0.25) is 0 Å². The number of allylic oxidation sites excluding steroid dienone is 2. The van der Waals surface area contributed by atoms with Crippen LogP contribution < -0.4 is 9.05 Å². The van der Waals surface area contributed by atoms with E-state index in [1.165, 1.54) is 0 Å². The maximum Gasteiger partial charge on any atom is 0.463 e. The number of para-hydroxylation sites is 2. The van der Waals surface area contributed by atoms with Crippen molar-refractivity contribution in [1.82, 2.24) is 0 Å². The first-order chi connectivity index (χ1) is 10.9. The van der Waals surface area contributed by atoms with E-state index in [4.69, 9.17) is 13.6 Å². The molecule has 2 aromatic rings. The third kappa shape index (κ3) is 4.45. The molecule has 0 aromatic heterocycles. The summed E-state index contributed by atoms with van der Waals surface area (Å²) >= 11 is 0. The summed E-state index contributed by atoms with van der Waals surface area (Å²) in [6.07, 6.45) is 8.88. The Morgan fingerprint density at radius 3 is 1.86 bits per heavy atom. The standard InChI is InChI=1S/C18H17O3P/c1-4-10-16(11-5-1)19-22(20-17-12-6-2-7-13-17)21-18-14-8-3-9-15-18/h1-14,18H,15H2. The summed E-state index contributed by atoms with van der Waals surface area (Å²) < 4.78 is 17.7. The van der Waals surface area contributed by atoms with Crippen molar-refractivity contribution < 1.29 is 13.6 Å². The first kappa shape index (κ1) is 14.8. The second-order valence-corrected chi connectivity index (χ2v) is 5.75. The number of rotatable bonds is 6. The van der Waals surface area contributed by atoms with Gasteiger partial charge >= 0.3 is 8.60 Å². The molecule has 112 valence electrons. The Morgan fingerprint density at radius 1 is 0.773 bits per heavy atom. The van der Waals surface area contributed by atoms with Gasteiger partial charge in [-0.05, 0) is 30.7 Å². The van der Waals surface area contributed by atoms with Gasteiger partial charge in [0, 0.05) is 0 Å². The lowest BCUT2D eigenvalue weighted by Crippen LogP contribution is -2.11. The highest BCUT2D eigenvalue weighted by atomic mass is 31.2. The van der Waals surface area contributed by atoms with Crippen LogP contribution in [0.4, 0.5) is 0 Å². The Hall–Kier alpha value is -2.09. The lowest BCUT2D eigenvalue weighted by molar-refractivity contribution is 0.217. The normalized spacial score (nSPS) is 16.7. The topological polar surface area (TPSA) is 27.7 Å². The molecule has 2 aromatic carbocycles. The van der Waals surface area contributed by atoms with Crippen molar-refractivity contribution in [3.05, 3.63) is 85.0 Å². The van der Waals surface area contributed by atoms with E-state index >= 15 is 0 Å². The van der Waals surface area contributed by atoms with Gasteiger partial charge in [0.2, 0.25) is 0 Å². The molecule has 4 heteroatoms. The molecule has 3 rings (SSSR count). The van der Waals surface area contributed by atoms with E-state index < -0.39 is 8.60 Å². The molecule has 1 atom stereocenters. The highest BCUT2D eigenvalue weighted by molar-refractivity contribution is 7.42. The lowest BCUT2D eigenvalue weighted by Gasteiger charge is -2.21. The Labute approximate surface area is 131 Å². The summed E-state index contributed by atoms with van der Waals surface area (Å²) in [5.74, 6) is 1.47. The molecule has 3 nitrogen and oxygen atoms in total. The van der Waals surface area contributed by atoms with Gasteiger partial charge in [0.15, 0.2) is 0 Å². The van der Waals surface area contributed by atoms with E-state index in [0.717, 1.165) is 17.9 Å². The fourth-order valence-electron chi connectivity index (χ4n) is 1.94. The molecular weight excluding hydrogens is 295 g/mol. The molecule has 0 spiro atoms. The van der Waals surface area contributed by atoms with Gasteiger partial charge in [0.1, 0.15) is 11.5 Å². The van der Waals surface area contributed by atoms with Crippen molar-refractivity contribution in [3.63, 3.8) is 0 Å². The van der Waals surface area contributed by atoms with Crippen molar-refractivity contribution in [2.45, 2.75) is 12.5 Å². The molecule has 22 heavy (non-hydrogen) atoms. The summed E-state index contributed by atoms with van der Waals surface area (Å²) in [6, 6.07) is 19.2. The van der Waals surface area contributed by atoms with E-state index in [1.54, 1.807) is 0 Å². The molecule has 0 saturated heterocycles. The van der Waals surface area contributed by atoms with Crippen LogP contribution in [0.5, 0.6) is 11.5 Å². The largest absolute Gasteiger partial charge is 0.463 e. The lowest BCUT2D eigenvalue weighted by atomic mass is 10.1. The highest BCUT2D eigenvalue weighted by Crippen LogP contribution is 2.43. The van der Waals surface area contributed by atoms with Gasteiger partial charge in [-0.15, -0.1) is 0 Å². The first-order valence-corrected chi connectivity index (χ1v) is 8.26. The molecule has 0 aliphatic heterocycles. The highest BCUT2D eigenvalue weighted by Gasteiger charge is 2.21. The first-order valence-electron chi connectivity index (χ1n) is 7.16. The van der Waals surface area contributed by atoms with E-state index in [2.05, 4.69) is 6.08 Å². The summed E-state index contributed by atoms with van der Waals surface area (Å²) in [5.41, 5.74) is 0. The van der Waals surface area contributed by atoms with Gasteiger partial charge in [-0.3, -0.25) is 4.52 Å². The van der Waals surface area contributed by atoms with E-state index in [9.17, 15) is 0 Å². The predicted molar refractivity (Wildman–Crippen MR) is 88.8 cm³/mol. The van der Waals surface area contributed by atoms with Crippen LogP contribution in [-0.2, 0) is 4.52 Å².